The van der Waals surface area contributed by atoms with E-state index in [4.69, 9.17) is 4.74 Å². The second-order valence-electron chi connectivity index (χ2n) is 6.35. The summed E-state index contributed by atoms with van der Waals surface area (Å²) >= 11 is 0. The molecule has 0 aliphatic carbocycles. The minimum Gasteiger partial charge on any atom is -0.372 e. The fraction of sp³-hybridized carbons (Fsp3) is 0.333. The molecule has 0 fully saturated rings. The molecule has 1 heterocycles. The molecule has 1 unspecified atom stereocenters. The van der Waals surface area contributed by atoms with Crippen molar-refractivity contribution in [1.29, 1.82) is 0 Å². The number of benzene rings is 2. The third-order valence-electron chi connectivity index (χ3n) is 4.26. The van der Waals surface area contributed by atoms with Gasteiger partial charge in [0.2, 0.25) is 0 Å². The molecule has 0 bridgehead atoms. The smallest absolute Gasteiger partial charge is 0.0969 e. The number of hydrogen-bond acceptors (Lipinski definition) is 4. The van der Waals surface area contributed by atoms with Crippen LogP contribution in [0.3, 0.4) is 0 Å². The van der Waals surface area contributed by atoms with Gasteiger partial charge in [0.15, 0.2) is 0 Å². The predicted molar refractivity (Wildman–Crippen MR) is 101 cm³/mol. The molecule has 1 N–H and O–H groups in total. The van der Waals surface area contributed by atoms with Crippen molar-refractivity contribution in [3.63, 3.8) is 0 Å². The summed E-state index contributed by atoms with van der Waals surface area (Å²) < 4.78 is 5.79. The number of ether oxygens (including phenoxy) is 1. The minimum absolute atomic E-state index is 0.0434. The molecule has 25 heavy (non-hydrogen) atoms. The molecule has 0 saturated heterocycles. The first-order chi connectivity index (χ1) is 12.2. The average Bonchev–Trinajstić information content (AvgIpc) is 2.63. The number of hydrazine groups is 1. The molecule has 1 atom stereocenters. The van der Waals surface area contributed by atoms with Crippen molar-refractivity contribution in [3.8, 4) is 0 Å². The number of hydrogen-bond donors (Lipinski definition) is 1. The Kier molecular flexibility index (Phi) is 6.09. The van der Waals surface area contributed by atoms with E-state index in [0.29, 0.717) is 6.61 Å². The Morgan fingerprint density at radius 1 is 0.960 bits per heavy atom. The van der Waals surface area contributed by atoms with Gasteiger partial charge >= 0.3 is 0 Å². The molecule has 0 saturated carbocycles. The van der Waals surface area contributed by atoms with Crippen molar-refractivity contribution < 1.29 is 4.74 Å². The van der Waals surface area contributed by atoms with E-state index in [1.54, 1.807) is 0 Å². The Morgan fingerprint density at radius 3 is 2.16 bits per heavy atom. The van der Waals surface area contributed by atoms with Crippen LogP contribution in [0.2, 0.25) is 0 Å². The van der Waals surface area contributed by atoms with Crippen LogP contribution in [0.5, 0.6) is 0 Å². The first-order valence-corrected chi connectivity index (χ1v) is 8.91. The molecule has 3 rings (SSSR count). The van der Waals surface area contributed by atoms with E-state index in [0.717, 1.165) is 25.5 Å². The van der Waals surface area contributed by atoms with Gasteiger partial charge in [0, 0.05) is 25.9 Å². The Morgan fingerprint density at radius 2 is 1.56 bits per heavy atom. The molecule has 1 aliphatic heterocycles. The zero-order valence-electron chi connectivity index (χ0n) is 15.1. The molecule has 0 spiro atoms. The van der Waals surface area contributed by atoms with Crippen LogP contribution in [0.15, 0.2) is 72.6 Å². The number of nitrogens with zero attached hydrogens (tertiary/aromatic N) is 2. The van der Waals surface area contributed by atoms with Gasteiger partial charge in [0.1, 0.15) is 0 Å². The molecule has 0 aromatic heterocycles. The zero-order valence-corrected chi connectivity index (χ0v) is 15.1. The highest BCUT2D eigenvalue weighted by Crippen LogP contribution is 2.16. The Labute approximate surface area is 150 Å². The van der Waals surface area contributed by atoms with E-state index in [-0.39, 0.29) is 6.10 Å². The molecule has 0 radical (unpaired) electrons. The summed E-state index contributed by atoms with van der Waals surface area (Å²) in [6.45, 7) is 7.39. The maximum absolute atomic E-state index is 5.79. The van der Waals surface area contributed by atoms with E-state index < -0.39 is 0 Å². The molecule has 4 nitrogen and oxygen atoms in total. The summed E-state index contributed by atoms with van der Waals surface area (Å²) in [5, 5.41) is 2.24. The lowest BCUT2D eigenvalue weighted by Gasteiger charge is -2.38. The van der Waals surface area contributed by atoms with Crippen LogP contribution >= 0.6 is 0 Å². The Balaban J connectivity index is 1.74. The first-order valence-electron chi connectivity index (χ1n) is 8.91. The van der Waals surface area contributed by atoms with Crippen LogP contribution in [-0.4, -0.2) is 29.3 Å². The van der Waals surface area contributed by atoms with Gasteiger partial charge in [-0.3, -0.25) is 0 Å². The highest BCUT2D eigenvalue weighted by molar-refractivity contribution is 5.17. The molecule has 132 valence electrons. The molecule has 4 heteroatoms. The highest BCUT2D eigenvalue weighted by Gasteiger charge is 2.21. The van der Waals surface area contributed by atoms with Crippen LogP contribution in [0.1, 0.15) is 25.0 Å². The van der Waals surface area contributed by atoms with Gasteiger partial charge in [-0.25, -0.2) is 0 Å². The minimum atomic E-state index is 0.0434. The Bertz CT molecular complexity index is 672. The maximum atomic E-state index is 5.79. The maximum Gasteiger partial charge on any atom is 0.0969 e. The van der Waals surface area contributed by atoms with E-state index in [1.807, 2.05) is 6.92 Å². The lowest BCUT2D eigenvalue weighted by Crippen LogP contribution is -2.49. The predicted octanol–water partition coefficient (Wildman–Crippen LogP) is 3.73. The lowest BCUT2D eigenvalue weighted by atomic mass is 10.2. The van der Waals surface area contributed by atoms with Gasteiger partial charge < -0.3 is 15.1 Å². The fourth-order valence-electron chi connectivity index (χ4n) is 3.05. The average molecular weight is 337 g/mol. The monoisotopic (exact) mass is 337 g/mol. The van der Waals surface area contributed by atoms with E-state index >= 15 is 0 Å². The lowest BCUT2D eigenvalue weighted by molar-refractivity contribution is 0.0446. The van der Waals surface area contributed by atoms with Crippen LogP contribution in [0.25, 0.3) is 0 Å². The summed E-state index contributed by atoms with van der Waals surface area (Å²) in [6.07, 6.45) is 2.23. The topological polar surface area (TPSA) is 27.7 Å². The van der Waals surface area contributed by atoms with Gasteiger partial charge in [-0.15, -0.1) is 0 Å². The molecular weight excluding hydrogens is 310 g/mol. The van der Waals surface area contributed by atoms with E-state index in [1.165, 1.54) is 11.1 Å². The normalized spacial score (nSPS) is 16.2. The second-order valence-corrected chi connectivity index (χ2v) is 6.35. The largest absolute Gasteiger partial charge is 0.372 e. The standard InChI is InChI=1S/C21H27N3O/c1-3-25-18(2)21-16-23(14-19-10-6-4-7-11-19)17-24(22-21)15-20-12-8-5-9-13-20/h4-13,16,18,22H,3,14-15,17H2,1-2H3. The van der Waals surface area contributed by atoms with Gasteiger partial charge in [-0.05, 0) is 25.0 Å². The summed E-state index contributed by atoms with van der Waals surface area (Å²) in [5.41, 5.74) is 7.23. The Hall–Kier alpha value is -2.30. The first kappa shape index (κ1) is 17.5. The summed E-state index contributed by atoms with van der Waals surface area (Å²) in [4.78, 5) is 2.33. The van der Waals surface area contributed by atoms with Crippen LogP contribution in [-0.2, 0) is 17.8 Å². The van der Waals surface area contributed by atoms with Gasteiger partial charge in [0.05, 0.1) is 18.5 Å². The quantitative estimate of drug-likeness (QED) is 0.833. The number of nitrogens with one attached hydrogen (secondary N) is 1. The third-order valence-corrected chi connectivity index (χ3v) is 4.26. The highest BCUT2D eigenvalue weighted by atomic mass is 16.5. The SMILES string of the molecule is CCOC(C)C1=CN(Cc2ccccc2)CN(Cc2ccccc2)N1. The van der Waals surface area contributed by atoms with Crippen LogP contribution < -0.4 is 5.43 Å². The van der Waals surface area contributed by atoms with Crippen LogP contribution in [0.4, 0.5) is 0 Å². The van der Waals surface area contributed by atoms with Crippen molar-refractivity contribution in [1.82, 2.24) is 15.3 Å². The number of rotatable bonds is 7. The molecule has 2 aromatic rings. The third kappa shape index (κ3) is 5.08. The molecule has 1 aliphatic rings. The summed E-state index contributed by atoms with van der Waals surface area (Å²) in [6, 6.07) is 21.1. The van der Waals surface area contributed by atoms with Crippen LogP contribution in [0, 0.1) is 0 Å². The van der Waals surface area contributed by atoms with Crippen molar-refractivity contribution in [3.05, 3.63) is 83.7 Å². The molecule has 2 aromatic carbocycles. The molecular formula is C21H27N3O. The second kappa shape index (κ2) is 8.70. The summed E-state index contributed by atoms with van der Waals surface area (Å²) in [7, 11) is 0. The van der Waals surface area contributed by atoms with Gasteiger partial charge in [-0.2, -0.15) is 5.01 Å². The van der Waals surface area contributed by atoms with Gasteiger partial charge in [-0.1, -0.05) is 60.7 Å². The van der Waals surface area contributed by atoms with E-state index in [9.17, 15) is 0 Å². The van der Waals surface area contributed by atoms with Crippen molar-refractivity contribution >= 4 is 0 Å². The van der Waals surface area contributed by atoms with Crippen molar-refractivity contribution in [2.24, 2.45) is 0 Å². The molecule has 0 amide bonds. The summed E-state index contributed by atoms with van der Waals surface area (Å²) in [5.74, 6) is 0. The van der Waals surface area contributed by atoms with Gasteiger partial charge in [0.25, 0.3) is 0 Å². The van der Waals surface area contributed by atoms with Crippen molar-refractivity contribution in [2.75, 3.05) is 13.3 Å². The fourth-order valence-corrected chi connectivity index (χ4v) is 3.05. The zero-order chi connectivity index (χ0) is 17.5. The van der Waals surface area contributed by atoms with Crippen molar-refractivity contribution in [2.45, 2.75) is 33.0 Å². The van der Waals surface area contributed by atoms with E-state index in [2.05, 4.69) is 89.1 Å².